The first-order valence-electron chi connectivity index (χ1n) is 6.03. The van der Waals surface area contributed by atoms with Crippen molar-refractivity contribution >= 4 is 11.4 Å². The maximum Gasteiger partial charge on any atom is 0.119 e. The molecule has 2 rings (SSSR count). The first-order chi connectivity index (χ1) is 8.75. The molecule has 0 spiro atoms. The fraction of sp³-hybridized carbons (Fsp3) is 0.200. The van der Waals surface area contributed by atoms with E-state index >= 15 is 0 Å². The zero-order valence-electron chi connectivity index (χ0n) is 10.5. The van der Waals surface area contributed by atoms with Gasteiger partial charge in [-0.2, -0.15) is 0 Å². The van der Waals surface area contributed by atoms with Crippen LogP contribution in [0.15, 0.2) is 48.5 Å². The molecule has 0 aromatic heterocycles. The summed E-state index contributed by atoms with van der Waals surface area (Å²) in [5, 5.41) is 3.25. The summed E-state index contributed by atoms with van der Waals surface area (Å²) in [4.78, 5) is 0. The predicted molar refractivity (Wildman–Crippen MR) is 76.0 cm³/mol. The number of aryl methyl sites for hydroxylation is 1. The number of hydrogen-bond donors (Lipinski definition) is 2. The van der Waals surface area contributed by atoms with Crippen LogP contribution < -0.4 is 15.8 Å². The number of hydrogen-bond acceptors (Lipinski definition) is 3. The van der Waals surface area contributed by atoms with E-state index in [0.717, 1.165) is 23.7 Å². The van der Waals surface area contributed by atoms with Gasteiger partial charge in [-0.25, -0.2) is 0 Å². The number of nitrogen functional groups attached to an aromatic ring is 1. The molecule has 0 saturated carbocycles. The molecule has 2 aromatic carbocycles. The van der Waals surface area contributed by atoms with Gasteiger partial charge in [0.25, 0.3) is 0 Å². The molecule has 18 heavy (non-hydrogen) atoms. The van der Waals surface area contributed by atoms with Crippen molar-refractivity contribution in [3.63, 3.8) is 0 Å². The average molecular weight is 242 g/mol. The second-order valence-corrected chi connectivity index (χ2v) is 4.18. The molecule has 0 fully saturated rings. The van der Waals surface area contributed by atoms with Gasteiger partial charge in [0.1, 0.15) is 12.4 Å². The highest BCUT2D eigenvalue weighted by Crippen LogP contribution is 2.16. The van der Waals surface area contributed by atoms with Crippen LogP contribution in [-0.2, 0) is 0 Å². The fourth-order valence-electron chi connectivity index (χ4n) is 1.72. The maximum absolute atomic E-state index is 5.83. The number of nitrogens with one attached hydrogen (secondary N) is 1. The highest BCUT2D eigenvalue weighted by atomic mass is 16.5. The number of benzene rings is 2. The van der Waals surface area contributed by atoms with E-state index in [4.69, 9.17) is 10.5 Å². The second-order valence-electron chi connectivity index (χ2n) is 4.18. The number of ether oxygens (including phenoxy) is 1. The van der Waals surface area contributed by atoms with Gasteiger partial charge >= 0.3 is 0 Å². The van der Waals surface area contributed by atoms with Gasteiger partial charge in [0.2, 0.25) is 0 Å². The lowest BCUT2D eigenvalue weighted by Gasteiger charge is -2.10. The Balaban J connectivity index is 1.78. The lowest BCUT2D eigenvalue weighted by molar-refractivity contribution is 0.332. The minimum Gasteiger partial charge on any atom is -0.492 e. The van der Waals surface area contributed by atoms with Crippen LogP contribution in [0.3, 0.4) is 0 Å². The molecule has 3 heteroatoms. The Morgan fingerprint density at radius 3 is 2.72 bits per heavy atom. The van der Waals surface area contributed by atoms with Crippen molar-refractivity contribution in [1.29, 1.82) is 0 Å². The van der Waals surface area contributed by atoms with Crippen LogP contribution in [0.2, 0.25) is 0 Å². The van der Waals surface area contributed by atoms with Gasteiger partial charge in [-0.1, -0.05) is 24.3 Å². The van der Waals surface area contributed by atoms with Crippen molar-refractivity contribution in [2.75, 3.05) is 24.2 Å². The summed E-state index contributed by atoms with van der Waals surface area (Å²) in [6.07, 6.45) is 0. The molecule has 0 amide bonds. The Morgan fingerprint density at radius 1 is 1.11 bits per heavy atom. The third kappa shape index (κ3) is 3.42. The molecule has 0 unspecified atom stereocenters. The first-order valence-corrected chi connectivity index (χ1v) is 6.03. The predicted octanol–water partition coefficient (Wildman–Crippen LogP) is 3.07. The summed E-state index contributed by atoms with van der Waals surface area (Å²) >= 11 is 0. The number of anilines is 2. The normalized spacial score (nSPS) is 10.1. The van der Waals surface area contributed by atoms with Crippen molar-refractivity contribution in [3.05, 3.63) is 54.1 Å². The van der Waals surface area contributed by atoms with Crippen molar-refractivity contribution in [1.82, 2.24) is 0 Å². The van der Waals surface area contributed by atoms with Crippen molar-refractivity contribution in [3.8, 4) is 5.75 Å². The van der Waals surface area contributed by atoms with E-state index in [1.807, 2.05) is 42.5 Å². The zero-order valence-corrected chi connectivity index (χ0v) is 10.5. The van der Waals surface area contributed by atoms with Crippen LogP contribution >= 0.6 is 0 Å². The summed E-state index contributed by atoms with van der Waals surface area (Å²) in [5.74, 6) is 0.901. The average Bonchev–Trinajstić information content (AvgIpc) is 2.37. The van der Waals surface area contributed by atoms with Crippen LogP contribution in [0.5, 0.6) is 5.75 Å². The smallest absolute Gasteiger partial charge is 0.119 e. The fourth-order valence-corrected chi connectivity index (χ4v) is 1.72. The first kappa shape index (κ1) is 12.3. The summed E-state index contributed by atoms with van der Waals surface area (Å²) in [7, 11) is 0. The number of nitrogens with two attached hydrogens (primary N) is 1. The molecule has 3 nitrogen and oxygen atoms in total. The van der Waals surface area contributed by atoms with Crippen LogP contribution in [0.25, 0.3) is 0 Å². The summed E-state index contributed by atoms with van der Waals surface area (Å²) in [6, 6.07) is 15.7. The highest BCUT2D eigenvalue weighted by molar-refractivity contribution is 5.65. The van der Waals surface area contributed by atoms with Crippen molar-refractivity contribution in [2.24, 2.45) is 0 Å². The Bertz CT molecular complexity index is 511. The molecule has 0 aliphatic carbocycles. The summed E-state index contributed by atoms with van der Waals surface area (Å²) in [5.41, 5.74) is 8.74. The Labute approximate surface area is 108 Å². The minimum absolute atomic E-state index is 0.609. The topological polar surface area (TPSA) is 47.3 Å². The highest BCUT2D eigenvalue weighted by Gasteiger charge is 1.97. The number of para-hydroxylation sites is 2. The Morgan fingerprint density at radius 2 is 1.94 bits per heavy atom. The molecule has 0 aliphatic heterocycles. The maximum atomic E-state index is 5.83. The molecular weight excluding hydrogens is 224 g/mol. The monoisotopic (exact) mass is 242 g/mol. The van der Waals surface area contributed by atoms with Crippen LogP contribution in [0.1, 0.15) is 5.56 Å². The van der Waals surface area contributed by atoms with E-state index in [9.17, 15) is 0 Å². The lowest BCUT2D eigenvalue weighted by Crippen LogP contribution is -2.12. The van der Waals surface area contributed by atoms with Gasteiger partial charge in [0.15, 0.2) is 0 Å². The standard InChI is InChI=1S/C15H18N2O/c1-12-5-4-6-13(11-12)18-10-9-17-15-8-3-2-7-14(15)16/h2-8,11,17H,9-10,16H2,1H3. The molecular formula is C15H18N2O. The zero-order chi connectivity index (χ0) is 12.8. The van der Waals surface area contributed by atoms with Gasteiger partial charge < -0.3 is 15.8 Å². The Hall–Kier alpha value is -2.16. The molecule has 0 heterocycles. The minimum atomic E-state index is 0.609. The van der Waals surface area contributed by atoms with E-state index in [1.165, 1.54) is 5.56 Å². The van der Waals surface area contributed by atoms with E-state index in [-0.39, 0.29) is 0 Å². The Kier molecular flexibility index (Phi) is 4.07. The SMILES string of the molecule is Cc1cccc(OCCNc2ccccc2N)c1. The van der Waals surface area contributed by atoms with E-state index < -0.39 is 0 Å². The molecule has 2 aromatic rings. The molecule has 94 valence electrons. The largest absolute Gasteiger partial charge is 0.492 e. The van der Waals surface area contributed by atoms with E-state index in [0.29, 0.717) is 6.61 Å². The molecule has 0 saturated heterocycles. The molecule has 0 aliphatic rings. The van der Waals surface area contributed by atoms with E-state index in [1.54, 1.807) is 0 Å². The third-order valence-electron chi connectivity index (χ3n) is 2.64. The van der Waals surface area contributed by atoms with Crippen LogP contribution in [-0.4, -0.2) is 13.2 Å². The van der Waals surface area contributed by atoms with Gasteiger partial charge in [-0.05, 0) is 36.8 Å². The van der Waals surface area contributed by atoms with Crippen molar-refractivity contribution in [2.45, 2.75) is 6.92 Å². The van der Waals surface area contributed by atoms with Crippen LogP contribution in [0, 0.1) is 6.92 Å². The van der Waals surface area contributed by atoms with E-state index in [2.05, 4.69) is 18.3 Å². The molecule has 0 atom stereocenters. The molecule has 3 N–H and O–H groups in total. The quantitative estimate of drug-likeness (QED) is 0.625. The lowest BCUT2D eigenvalue weighted by atomic mass is 10.2. The summed E-state index contributed by atoms with van der Waals surface area (Å²) < 4.78 is 5.65. The van der Waals surface area contributed by atoms with Crippen molar-refractivity contribution < 1.29 is 4.74 Å². The second kappa shape index (κ2) is 5.96. The summed E-state index contributed by atoms with van der Waals surface area (Å²) in [6.45, 7) is 3.38. The molecule has 0 radical (unpaired) electrons. The van der Waals surface area contributed by atoms with Gasteiger partial charge in [-0.15, -0.1) is 0 Å². The van der Waals surface area contributed by atoms with Gasteiger partial charge in [-0.3, -0.25) is 0 Å². The van der Waals surface area contributed by atoms with Gasteiger partial charge in [0, 0.05) is 6.54 Å². The molecule has 0 bridgehead atoms. The number of rotatable bonds is 5. The van der Waals surface area contributed by atoms with Crippen LogP contribution in [0.4, 0.5) is 11.4 Å². The third-order valence-corrected chi connectivity index (χ3v) is 2.64. The van der Waals surface area contributed by atoms with Gasteiger partial charge in [0.05, 0.1) is 11.4 Å².